The van der Waals surface area contributed by atoms with E-state index in [4.69, 9.17) is 0 Å². The molecule has 0 bridgehead atoms. The lowest BCUT2D eigenvalue weighted by Gasteiger charge is -2.31. The summed E-state index contributed by atoms with van der Waals surface area (Å²) in [6.07, 6.45) is 6.08. The van der Waals surface area contributed by atoms with Crippen molar-refractivity contribution in [3.8, 4) is 0 Å². The average Bonchev–Trinajstić information content (AvgIpc) is 3.16. The molecule has 3 amide bonds. The SMILES string of the molecule is O=CN(O)C[C@@H](CC1CCCCC1)C(=O)N1C[C@H](F)C[C@H]1C(=O)Nc1cccnn1. The predicted molar refractivity (Wildman–Crippen MR) is 105 cm³/mol. The zero-order valence-corrected chi connectivity index (χ0v) is 16.8. The molecule has 1 aliphatic heterocycles. The van der Waals surface area contributed by atoms with E-state index in [-0.39, 0.29) is 31.7 Å². The molecule has 3 rings (SSSR count). The second-order valence-electron chi connectivity index (χ2n) is 8.10. The molecule has 1 aromatic heterocycles. The summed E-state index contributed by atoms with van der Waals surface area (Å²) >= 11 is 0. The molecule has 164 valence electrons. The van der Waals surface area contributed by atoms with E-state index in [1.165, 1.54) is 11.1 Å². The van der Waals surface area contributed by atoms with Crippen LogP contribution in [0.15, 0.2) is 18.3 Å². The summed E-state index contributed by atoms with van der Waals surface area (Å²) in [6, 6.07) is 2.18. The van der Waals surface area contributed by atoms with Crippen LogP contribution in [-0.4, -0.2) is 68.9 Å². The van der Waals surface area contributed by atoms with E-state index in [1.54, 1.807) is 12.1 Å². The molecule has 0 unspecified atom stereocenters. The Morgan fingerprint density at radius 3 is 2.80 bits per heavy atom. The fraction of sp³-hybridized carbons (Fsp3) is 0.650. The molecule has 0 aromatic carbocycles. The van der Waals surface area contributed by atoms with Gasteiger partial charge in [0.15, 0.2) is 5.82 Å². The molecule has 0 radical (unpaired) electrons. The van der Waals surface area contributed by atoms with Crippen LogP contribution in [0.4, 0.5) is 10.2 Å². The lowest BCUT2D eigenvalue weighted by molar-refractivity contribution is -0.158. The Morgan fingerprint density at radius 2 is 2.13 bits per heavy atom. The highest BCUT2D eigenvalue weighted by molar-refractivity contribution is 5.97. The van der Waals surface area contributed by atoms with Gasteiger partial charge in [0.05, 0.1) is 19.0 Å². The normalized spacial score (nSPS) is 23.1. The van der Waals surface area contributed by atoms with Crippen molar-refractivity contribution in [3.05, 3.63) is 18.3 Å². The fourth-order valence-electron chi connectivity index (χ4n) is 4.44. The van der Waals surface area contributed by atoms with Crippen LogP contribution < -0.4 is 5.32 Å². The zero-order chi connectivity index (χ0) is 21.5. The van der Waals surface area contributed by atoms with Gasteiger partial charge < -0.3 is 10.2 Å². The van der Waals surface area contributed by atoms with Crippen molar-refractivity contribution in [2.45, 2.75) is 57.2 Å². The Bertz CT molecular complexity index is 731. The zero-order valence-electron chi connectivity index (χ0n) is 16.8. The monoisotopic (exact) mass is 421 g/mol. The number of hydrogen-bond acceptors (Lipinski definition) is 6. The quantitative estimate of drug-likeness (QED) is 0.376. The van der Waals surface area contributed by atoms with E-state index in [0.717, 1.165) is 32.1 Å². The van der Waals surface area contributed by atoms with Crippen LogP contribution >= 0.6 is 0 Å². The molecular formula is C20H28FN5O4. The number of aromatic nitrogens is 2. The number of amides is 3. The van der Waals surface area contributed by atoms with Crippen molar-refractivity contribution in [2.24, 2.45) is 11.8 Å². The molecule has 1 saturated carbocycles. The second-order valence-corrected chi connectivity index (χ2v) is 8.10. The third-order valence-corrected chi connectivity index (χ3v) is 5.88. The Hall–Kier alpha value is -2.62. The molecule has 2 fully saturated rings. The summed E-state index contributed by atoms with van der Waals surface area (Å²) < 4.78 is 14.2. The third kappa shape index (κ3) is 5.71. The first kappa shape index (κ1) is 22.1. The maximum atomic E-state index is 14.2. The topological polar surface area (TPSA) is 116 Å². The second kappa shape index (κ2) is 10.4. The molecule has 3 atom stereocenters. The van der Waals surface area contributed by atoms with Crippen molar-refractivity contribution in [1.29, 1.82) is 0 Å². The van der Waals surface area contributed by atoms with Crippen LogP contribution in [0, 0.1) is 11.8 Å². The number of likely N-dealkylation sites (tertiary alicyclic amines) is 1. The predicted octanol–water partition coefficient (Wildman–Crippen LogP) is 1.79. The first-order valence-electron chi connectivity index (χ1n) is 10.4. The van der Waals surface area contributed by atoms with E-state index in [2.05, 4.69) is 15.5 Å². The van der Waals surface area contributed by atoms with Crippen LogP contribution in [0.3, 0.4) is 0 Å². The van der Waals surface area contributed by atoms with Gasteiger partial charge in [-0.15, -0.1) is 5.10 Å². The highest BCUT2D eigenvalue weighted by Gasteiger charge is 2.42. The fourth-order valence-corrected chi connectivity index (χ4v) is 4.44. The molecule has 9 nitrogen and oxygen atoms in total. The molecule has 2 aliphatic rings. The summed E-state index contributed by atoms with van der Waals surface area (Å²) in [5.74, 6) is -1.11. The lowest BCUT2D eigenvalue weighted by Crippen LogP contribution is -2.48. The lowest BCUT2D eigenvalue weighted by atomic mass is 9.82. The van der Waals surface area contributed by atoms with Crippen LogP contribution in [0.5, 0.6) is 0 Å². The molecular weight excluding hydrogens is 393 g/mol. The van der Waals surface area contributed by atoms with Gasteiger partial charge in [0.2, 0.25) is 18.2 Å². The number of hydroxylamine groups is 2. The number of alkyl halides is 1. The van der Waals surface area contributed by atoms with Gasteiger partial charge in [0, 0.05) is 12.6 Å². The van der Waals surface area contributed by atoms with E-state index in [0.29, 0.717) is 17.4 Å². The number of hydrogen-bond donors (Lipinski definition) is 2. The van der Waals surface area contributed by atoms with Gasteiger partial charge in [0.1, 0.15) is 12.2 Å². The van der Waals surface area contributed by atoms with Crippen molar-refractivity contribution in [1.82, 2.24) is 20.2 Å². The molecule has 1 aromatic rings. The molecule has 0 spiro atoms. The number of rotatable bonds is 8. The van der Waals surface area contributed by atoms with Crippen molar-refractivity contribution in [2.75, 3.05) is 18.4 Å². The van der Waals surface area contributed by atoms with Crippen molar-refractivity contribution >= 4 is 24.0 Å². The van der Waals surface area contributed by atoms with E-state index < -0.39 is 29.9 Å². The van der Waals surface area contributed by atoms with E-state index in [1.807, 2.05) is 0 Å². The van der Waals surface area contributed by atoms with Gasteiger partial charge in [-0.05, 0) is 24.5 Å². The summed E-state index contributed by atoms with van der Waals surface area (Å²) in [6.45, 7) is -0.365. The molecule has 30 heavy (non-hydrogen) atoms. The Kier molecular flexibility index (Phi) is 7.67. The van der Waals surface area contributed by atoms with Gasteiger partial charge in [-0.2, -0.15) is 5.10 Å². The minimum Gasteiger partial charge on any atom is -0.327 e. The smallest absolute Gasteiger partial charge is 0.248 e. The number of anilines is 1. The first-order chi connectivity index (χ1) is 14.5. The van der Waals surface area contributed by atoms with Crippen molar-refractivity contribution in [3.63, 3.8) is 0 Å². The average molecular weight is 421 g/mol. The standard InChI is InChI=1S/C20H28FN5O4/c21-16-10-17(19(28)23-18-7-4-8-22-24-18)26(12-16)20(29)15(11-25(30)13-27)9-14-5-2-1-3-6-14/h4,7-8,13-17,30H,1-3,5-6,9-12H2,(H,23,24,28)/t15-,16-,17+/m1/s1. The molecule has 2 heterocycles. The Labute approximate surface area is 174 Å². The third-order valence-electron chi connectivity index (χ3n) is 5.88. The number of nitrogens with one attached hydrogen (secondary N) is 1. The molecule has 1 saturated heterocycles. The molecule has 10 heteroatoms. The van der Waals surface area contributed by atoms with E-state index >= 15 is 0 Å². The molecule has 2 N–H and O–H groups in total. The highest BCUT2D eigenvalue weighted by atomic mass is 19.1. The van der Waals surface area contributed by atoms with Gasteiger partial charge in [-0.25, -0.2) is 9.45 Å². The van der Waals surface area contributed by atoms with Gasteiger partial charge in [0.25, 0.3) is 0 Å². The van der Waals surface area contributed by atoms with Gasteiger partial charge >= 0.3 is 0 Å². The number of carbonyl (C=O) groups excluding carboxylic acids is 3. The molecule has 1 aliphatic carbocycles. The van der Waals surface area contributed by atoms with Gasteiger partial charge in [-0.3, -0.25) is 19.6 Å². The Balaban J connectivity index is 1.72. The minimum absolute atomic E-state index is 0.107. The van der Waals surface area contributed by atoms with Gasteiger partial charge in [-0.1, -0.05) is 32.1 Å². The maximum Gasteiger partial charge on any atom is 0.248 e. The largest absolute Gasteiger partial charge is 0.327 e. The minimum atomic E-state index is -1.32. The number of halogens is 1. The van der Waals surface area contributed by atoms with Crippen LogP contribution in [0.1, 0.15) is 44.9 Å². The summed E-state index contributed by atoms with van der Waals surface area (Å²) in [5.41, 5.74) is 0. The summed E-state index contributed by atoms with van der Waals surface area (Å²) in [7, 11) is 0. The van der Waals surface area contributed by atoms with Crippen LogP contribution in [0.2, 0.25) is 0 Å². The Morgan fingerprint density at radius 1 is 1.37 bits per heavy atom. The maximum absolute atomic E-state index is 14.2. The van der Waals surface area contributed by atoms with Crippen LogP contribution in [0.25, 0.3) is 0 Å². The number of nitrogens with zero attached hydrogens (tertiary/aromatic N) is 4. The van der Waals surface area contributed by atoms with E-state index in [9.17, 15) is 24.0 Å². The summed E-state index contributed by atoms with van der Waals surface area (Å²) in [4.78, 5) is 38.1. The summed E-state index contributed by atoms with van der Waals surface area (Å²) in [5, 5.41) is 20.2. The van der Waals surface area contributed by atoms with Crippen LogP contribution in [-0.2, 0) is 14.4 Å². The number of carbonyl (C=O) groups is 3. The van der Waals surface area contributed by atoms with Crippen molar-refractivity contribution < 1.29 is 24.0 Å². The first-order valence-corrected chi connectivity index (χ1v) is 10.4. The highest BCUT2D eigenvalue weighted by Crippen LogP contribution is 2.32.